The summed E-state index contributed by atoms with van der Waals surface area (Å²) in [6.45, 7) is 5.67. The molecule has 21 heavy (non-hydrogen) atoms. The van der Waals surface area contributed by atoms with Crippen LogP contribution in [0.5, 0.6) is 0 Å². The molecular formula is C18H21ClFN. The Balaban J connectivity index is 2.26. The Kier molecular flexibility index (Phi) is 5.77. The first-order valence-electron chi connectivity index (χ1n) is 7.32. The highest BCUT2D eigenvalue weighted by atomic mass is 35.5. The first-order chi connectivity index (χ1) is 10.1. The maximum atomic E-state index is 14.1. The van der Waals surface area contributed by atoms with E-state index >= 15 is 0 Å². The highest BCUT2D eigenvalue weighted by Crippen LogP contribution is 2.27. The first kappa shape index (κ1) is 16.0. The molecule has 0 radical (unpaired) electrons. The van der Waals surface area contributed by atoms with Gasteiger partial charge in [-0.15, -0.1) is 0 Å². The number of rotatable bonds is 6. The predicted molar refractivity (Wildman–Crippen MR) is 87.6 cm³/mol. The molecule has 0 aromatic heterocycles. The van der Waals surface area contributed by atoms with Gasteiger partial charge in [-0.2, -0.15) is 0 Å². The minimum absolute atomic E-state index is 0.0753. The van der Waals surface area contributed by atoms with E-state index in [0.29, 0.717) is 0 Å². The second kappa shape index (κ2) is 7.58. The highest BCUT2D eigenvalue weighted by Gasteiger charge is 2.17. The zero-order valence-electron chi connectivity index (χ0n) is 12.5. The zero-order chi connectivity index (χ0) is 15.2. The summed E-state index contributed by atoms with van der Waals surface area (Å²) < 4.78 is 14.1. The van der Waals surface area contributed by atoms with Gasteiger partial charge in [-0.3, -0.25) is 0 Å². The number of hydrogen-bond acceptors (Lipinski definition) is 1. The number of nitrogens with one attached hydrogen (secondary N) is 1. The molecule has 0 spiro atoms. The second-order valence-corrected chi connectivity index (χ2v) is 5.73. The molecule has 0 aliphatic rings. The predicted octanol–water partition coefficient (Wildman–Crippen LogP) is 4.72. The van der Waals surface area contributed by atoms with Gasteiger partial charge in [0, 0.05) is 17.5 Å². The summed E-state index contributed by atoms with van der Waals surface area (Å²) in [5.74, 6) is -0.0741. The van der Waals surface area contributed by atoms with Crippen LogP contribution < -0.4 is 5.32 Å². The third-order valence-electron chi connectivity index (χ3n) is 3.66. The van der Waals surface area contributed by atoms with Crippen LogP contribution >= 0.6 is 11.6 Å². The van der Waals surface area contributed by atoms with Gasteiger partial charge in [0.15, 0.2) is 0 Å². The van der Waals surface area contributed by atoms with Crippen molar-refractivity contribution in [1.29, 1.82) is 0 Å². The molecule has 0 bridgehead atoms. The molecule has 2 aromatic rings. The minimum atomic E-state index is -0.149. The highest BCUT2D eigenvalue weighted by molar-refractivity contribution is 6.31. The van der Waals surface area contributed by atoms with Crippen LogP contribution in [0.25, 0.3) is 0 Å². The summed E-state index contributed by atoms with van der Waals surface area (Å²) in [6, 6.07) is 13.0. The lowest BCUT2D eigenvalue weighted by molar-refractivity contribution is 0.544. The lowest BCUT2D eigenvalue weighted by Gasteiger charge is -2.19. The topological polar surface area (TPSA) is 12.0 Å². The van der Waals surface area contributed by atoms with Crippen LogP contribution in [0, 0.1) is 12.7 Å². The first-order valence-corrected chi connectivity index (χ1v) is 7.69. The largest absolute Gasteiger partial charge is 0.316 e. The van der Waals surface area contributed by atoms with Crippen LogP contribution in [-0.4, -0.2) is 13.1 Å². The molecular weight excluding hydrogens is 285 g/mol. The molecule has 0 saturated carbocycles. The van der Waals surface area contributed by atoms with Crippen molar-refractivity contribution in [3.63, 3.8) is 0 Å². The van der Waals surface area contributed by atoms with Crippen molar-refractivity contribution in [2.24, 2.45) is 0 Å². The molecule has 0 fully saturated rings. The summed E-state index contributed by atoms with van der Waals surface area (Å²) in [5.41, 5.74) is 2.95. The van der Waals surface area contributed by atoms with Gasteiger partial charge in [0.05, 0.1) is 0 Å². The molecule has 2 aromatic carbocycles. The van der Waals surface area contributed by atoms with Gasteiger partial charge in [0.25, 0.3) is 0 Å². The van der Waals surface area contributed by atoms with E-state index in [0.717, 1.165) is 41.2 Å². The van der Waals surface area contributed by atoms with Gasteiger partial charge < -0.3 is 5.32 Å². The van der Waals surface area contributed by atoms with Crippen LogP contribution in [0.4, 0.5) is 4.39 Å². The van der Waals surface area contributed by atoms with Gasteiger partial charge in [0.1, 0.15) is 5.82 Å². The number of halogens is 2. The van der Waals surface area contributed by atoms with Crippen LogP contribution in [0.1, 0.15) is 29.5 Å². The molecule has 0 aliphatic heterocycles. The fourth-order valence-corrected chi connectivity index (χ4v) is 2.81. The Morgan fingerprint density at radius 1 is 1.19 bits per heavy atom. The molecule has 1 atom stereocenters. The molecule has 0 amide bonds. The lowest BCUT2D eigenvalue weighted by atomic mass is 9.91. The maximum absolute atomic E-state index is 14.1. The third-order valence-corrected chi connectivity index (χ3v) is 4.01. The molecule has 0 saturated heterocycles. The fourth-order valence-electron chi connectivity index (χ4n) is 2.50. The van der Waals surface area contributed by atoms with Gasteiger partial charge in [-0.25, -0.2) is 4.39 Å². The number of hydrogen-bond donors (Lipinski definition) is 1. The normalized spacial score (nSPS) is 12.4. The van der Waals surface area contributed by atoms with Gasteiger partial charge >= 0.3 is 0 Å². The lowest BCUT2D eigenvalue weighted by Crippen LogP contribution is -2.23. The monoisotopic (exact) mass is 305 g/mol. The quantitative estimate of drug-likeness (QED) is 0.814. The average Bonchev–Trinajstić information content (AvgIpc) is 2.46. The van der Waals surface area contributed by atoms with Crippen molar-refractivity contribution in [3.8, 4) is 0 Å². The van der Waals surface area contributed by atoms with Crippen LogP contribution in [0.2, 0.25) is 5.02 Å². The Hall–Kier alpha value is -1.38. The van der Waals surface area contributed by atoms with Gasteiger partial charge in [-0.1, -0.05) is 48.9 Å². The Morgan fingerprint density at radius 2 is 1.95 bits per heavy atom. The van der Waals surface area contributed by atoms with Crippen molar-refractivity contribution in [1.82, 2.24) is 5.32 Å². The summed E-state index contributed by atoms with van der Waals surface area (Å²) in [4.78, 5) is 0. The molecule has 1 N–H and O–H groups in total. The minimum Gasteiger partial charge on any atom is -0.316 e. The van der Waals surface area contributed by atoms with Crippen molar-refractivity contribution >= 4 is 11.6 Å². The molecule has 0 heterocycles. The van der Waals surface area contributed by atoms with E-state index in [-0.39, 0.29) is 11.7 Å². The van der Waals surface area contributed by atoms with E-state index in [1.165, 1.54) is 6.07 Å². The van der Waals surface area contributed by atoms with Gasteiger partial charge in [-0.05, 0) is 48.7 Å². The molecule has 1 nitrogen and oxygen atoms in total. The van der Waals surface area contributed by atoms with Crippen LogP contribution in [0.3, 0.4) is 0 Å². The maximum Gasteiger partial charge on any atom is 0.126 e. The molecule has 0 aliphatic carbocycles. The number of likely N-dealkylation sites (N-methyl/N-ethyl adjacent to an activating group) is 1. The molecule has 1 unspecified atom stereocenters. The second-order valence-electron chi connectivity index (χ2n) is 5.33. The van der Waals surface area contributed by atoms with E-state index in [4.69, 9.17) is 11.6 Å². The van der Waals surface area contributed by atoms with E-state index in [2.05, 4.69) is 12.2 Å². The van der Waals surface area contributed by atoms with Crippen molar-refractivity contribution in [2.75, 3.05) is 13.1 Å². The van der Waals surface area contributed by atoms with Crippen LogP contribution in [-0.2, 0) is 6.42 Å². The summed E-state index contributed by atoms with van der Waals surface area (Å²) in [5, 5.41) is 4.07. The smallest absolute Gasteiger partial charge is 0.126 e. The van der Waals surface area contributed by atoms with Crippen molar-refractivity contribution < 1.29 is 4.39 Å². The molecule has 112 valence electrons. The average molecular weight is 306 g/mol. The SMILES string of the molecule is CCNCC(Cc1ccc(C)cc1Cl)c1ccccc1F. The van der Waals surface area contributed by atoms with Crippen molar-refractivity contribution in [3.05, 3.63) is 70.0 Å². The summed E-state index contributed by atoms with van der Waals surface area (Å²) >= 11 is 6.32. The Morgan fingerprint density at radius 3 is 2.62 bits per heavy atom. The van der Waals surface area contributed by atoms with E-state index < -0.39 is 0 Å². The third kappa shape index (κ3) is 4.29. The van der Waals surface area contributed by atoms with Gasteiger partial charge in [0.2, 0.25) is 0 Å². The molecule has 2 rings (SSSR count). The standard InChI is InChI=1S/C18H21ClFN/c1-3-21-12-15(16-6-4-5-7-18(16)20)11-14-9-8-13(2)10-17(14)19/h4-10,15,21H,3,11-12H2,1-2H3. The van der Waals surface area contributed by atoms with E-state index in [1.54, 1.807) is 6.07 Å². The number of aryl methyl sites for hydroxylation is 1. The summed E-state index contributed by atoms with van der Waals surface area (Å²) in [7, 11) is 0. The van der Waals surface area contributed by atoms with E-state index in [9.17, 15) is 4.39 Å². The van der Waals surface area contributed by atoms with E-state index in [1.807, 2.05) is 37.3 Å². The van der Waals surface area contributed by atoms with Crippen LogP contribution in [0.15, 0.2) is 42.5 Å². The fraction of sp³-hybridized carbons (Fsp3) is 0.333. The zero-order valence-corrected chi connectivity index (χ0v) is 13.3. The molecule has 3 heteroatoms. The Labute approximate surface area is 131 Å². The summed E-state index contributed by atoms with van der Waals surface area (Å²) in [6.07, 6.45) is 0.729. The van der Waals surface area contributed by atoms with Crippen molar-refractivity contribution in [2.45, 2.75) is 26.2 Å². The Bertz CT molecular complexity index is 598. The number of benzene rings is 2.